The fourth-order valence-electron chi connectivity index (χ4n) is 5.98. The van der Waals surface area contributed by atoms with E-state index in [2.05, 4.69) is 14.8 Å². The van der Waals surface area contributed by atoms with E-state index in [-0.39, 0.29) is 37.0 Å². The molecule has 232 valence electrons. The van der Waals surface area contributed by atoms with E-state index in [1.807, 2.05) is 58.2 Å². The number of pyridine rings is 1. The molecule has 4 rings (SSSR count). The maximum Gasteiger partial charge on any atom is 0.410 e. The van der Waals surface area contributed by atoms with Gasteiger partial charge in [0.2, 0.25) is 0 Å². The van der Waals surface area contributed by atoms with Gasteiger partial charge in [-0.3, -0.25) is 4.79 Å². The summed E-state index contributed by atoms with van der Waals surface area (Å²) in [5, 5.41) is 20.4. The third-order valence-electron chi connectivity index (χ3n) is 8.75. The van der Waals surface area contributed by atoms with Gasteiger partial charge in [0, 0.05) is 44.8 Å². The Balaban J connectivity index is 1.54. The first-order valence-electron chi connectivity index (χ1n) is 15.4. The number of carbonyl (C=O) groups excluding carboxylic acids is 2. The maximum atomic E-state index is 13.0. The third-order valence-corrected chi connectivity index (χ3v) is 8.75. The molecule has 10 heteroatoms. The third kappa shape index (κ3) is 8.55. The molecule has 2 fully saturated rings. The number of aliphatic hydroxyl groups excluding tert-OH is 2. The van der Waals surface area contributed by atoms with Gasteiger partial charge in [-0.15, -0.1) is 0 Å². The molecule has 1 amide bonds. The average molecular weight is 585 g/mol. The van der Waals surface area contributed by atoms with E-state index in [0.29, 0.717) is 25.9 Å². The van der Waals surface area contributed by atoms with Crippen LogP contribution in [0, 0.1) is 11.8 Å². The molecule has 0 unspecified atom stereocenters. The van der Waals surface area contributed by atoms with Crippen LogP contribution in [0.4, 0.5) is 10.6 Å². The summed E-state index contributed by atoms with van der Waals surface area (Å²) >= 11 is 0. The number of carbonyl (C=O) groups is 2. The van der Waals surface area contributed by atoms with Gasteiger partial charge >= 0.3 is 12.1 Å². The number of aromatic nitrogens is 1. The van der Waals surface area contributed by atoms with Crippen molar-refractivity contribution in [3.63, 3.8) is 0 Å². The van der Waals surface area contributed by atoms with E-state index in [1.54, 1.807) is 11.1 Å². The summed E-state index contributed by atoms with van der Waals surface area (Å²) in [4.78, 5) is 36.5. The summed E-state index contributed by atoms with van der Waals surface area (Å²) in [6.07, 6.45) is 8.34. The van der Waals surface area contributed by atoms with Crippen molar-refractivity contribution in [3.05, 3.63) is 41.6 Å². The summed E-state index contributed by atoms with van der Waals surface area (Å²) in [6, 6.07) is 3.98. The predicted octanol–water partition coefficient (Wildman–Crippen LogP) is 3.48. The molecule has 1 aromatic rings. The zero-order chi connectivity index (χ0) is 30.2. The van der Waals surface area contributed by atoms with Gasteiger partial charge < -0.3 is 34.4 Å². The molecule has 2 N–H and O–H groups in total. The molecule has 0 radical (unpaired) electrons. The highest BCUT2D eigenvalue weighted by Crippen LogP contribution is 2.28. The monoisotopic (exact) mass is 584 g/mol. The number of rotatable bonds is 5. The largest absolute Gasteiger partial charge is 0.457 e. The van der Waals surface area contributed by atoms with Gasteiger partial charge in [-0.2, -0.15) is 0 Å². The first kappa shape index (κ1) is 32.0. The number of anilines is 1. The summed E-state index contributed by atoms with van der Waals surface area (Å²) in [7, 11) is 2.04. The normalized spacial score (nSPS) is 31.2. The Labute approximate surface area is 250 Å². The van der Waals surface area contributed by atoms with Crippen molar-refractivity contribution in [2.75, 3.05) is 51.3 Å². The van der Waals surface area contributed by atoms with Crippen molar-refractivity contribution >= 4 is 24.0 Å². The van der Waals surface area contributed by atoms with Gasteiger partial charge in [0.05, 0.1) is 25.2 Å². The number of cyclic esters (lactones) is 1. The SMILES string of the molecule is C/C(=C\c1ccnc(N2CCC[C@@H]2CO)c1)[C@H]1OC(=O)C[C@H](O)CC[C@H](C)[C@@H](OC(=O)N2CCN(C)CC2)/C=C/[C@@H]1C. The van der Waals surface area contributed by atoms with Crippen LogP contribution in [-0.4, -0.2) is 108 Å². The van der Waals surface area contributed by atoms with Gasteiger partial charge in [-0.05, 0) is 74.9 Å². The molecule has 0 saturated carbocycles. The number of hydrogen-bond donors (Lipinski definition) is 2. The van der Waals surface area contributed by atoms with Crippen LogP contribution in [-0.2, 0) is 14.3 Å². The Hall–Kier alpha value is -2.95. The van der Waals surface area contributed by atoms with Crippen LogP contribution in [0.25, 0.3) is 6.08 Å². The zero-order valence-corrected chi connectivity index (χ0v) is 25.5. The highest BCUT2D eigenvalue weighted by atomic mass is 16.6. The number of likely N-dealkylation sites (N-methyl/N-ethyl adjacent to an activating group) is 1. The standard InChI is InChI=1S/C32H48N4O6/c1-22-7-9-27(38)20-30(39)42-31(23(2)8-10-28(22)41-32(40)35-16-14-34(4)15-17-35)24(3)18-25-11-12-33-29(19-25)36-13-5-6-26(36)21-37/h8,10-12,18-19,22-23,26-28,31,37-38H,5-7,9,13-17,20-21H2,1-4H3/b10-8+,24-18+/t22-,23-,26+,27+,28-,31-/m0/s1. The number of ether oxygens (including phenoxy) is 2. The highest BCUT2D eigenvalue weighted by Gasteiger charge is 2.29. The van der Waals surface area contributed by atoms with Crippen LogP contribution >= 0.6 is 0 Å². The van der Waals surface area contributed by atoms with Crippen molar-refractivity contribution < 1.29 is 29.3 Å². The van der Waals surface area contributed by atoms with Crippen molar-refractivity contribution in [1.82, 2.24) is 14.8 Å². The lowest BCUT2D eigenvalue weighted by Crippen LogP contribution is -2.48. The fraction of sp³-hybridized carbons (Fsp3) is 0.656. The minimum Gasteiger partial charge on any atom is -0.457 e. The van der Waals surface area contributed by atoms with Crippen LogP contribution in [0.15, 0.2) is 36.1 Å². The lowest BCUT2D eigenvalue weighted by Gasteiger charge is -2.33. The van der Waals surface area contributed by atoms with Gasteiger partial charge in [0.1, 0.15) is 18.0 Å². The van der Waals surface area contributed by atoms with Gasteiger partial charge in [-0.1, -0.05) is 26.0 Å². The van der Waals surface area contributed by atoms with E-state index in [1.165, 1.54) is 0 Å². The van der Waals surface area contributed by atoms with Crippen LogP contribution in [0.2, 0.25) is 0 Å². The second-order valence-electron chi connectivity index (χ2n) is 12.2. The quantitative estimate of drug-likeness (QED) is 0.396. The first-order chi connectivity index (χ1) is 20.1. The molecule has 0 aromatic carbocycles. The minimum atomic E-state index is -0.833. The Kier molecular flexibility index (Phi) is 11.4. The molecule has 0 bridgehead atoms. The number of nitrogens with zero attached hydrogens (tertiary/aromatic N) is 4. The Morgan fingerprint density at radius 3 is 2.64 bits per heavy atom. The maximum absolute atomic E-state index is 13.0. The lowest BCUT2D eigenvalue weighted by atomic mass is 9.91. The molecule has 0 aliphatic carbocycles. The van der Waals surface area contributed by atoms with E-state index in [0.717, 1.165) is 49.4 Å². The van der Waals surface area contributed by atoms with E-state index >= 15 is 0 Å². The number of esters is 1. The lowest BCUT2D eigenvalue weighted by molar-refractivity contribution is -0.151. The number of piperazine rings is 1. The second kappa shape index (κ2) is 15.0. The van der Waals surface area contributed by atoms with Crippen molar-refractivity contribution in [2.24, 2.45) is 11.8 Å². The number of hydrogen-bond acceptors (Lipinski definition) is 9. The Bertz CT molecular complexity index is 1120. The molecule has 2 saturated heterocycles. The van der Waals surface area contributed by atoms with Crippen molar-refractivity contribution in [1.29, 1.82) is 0 Å². The molecule has 6 atom stereocenters. The molecule has 42 heavy (non-hydrogen) atoms. The minimum absolute atomic E-state index is 0.0337. The van der Waals surface area contributed by atoms with Crippen LogP contribution in [0.3, 0.4) is 0 Å². The summed E-state index contributed by atoms with van der Waals surface area (Å²) in [5.74, 6) is 0.134. The van der Waals surface area contributed by atoms with E-state index in [9.17, 15) is 19.8 Å². The van der Waals surface area contributed by atoms with Gasteiger partial charge in [0.25, 0.3) is 0 Å². The zero-order valence-electron chi connectivity index (χ0n) is 25.5. The smallest absolute Gasteiger partial charge is 0.410 e. The fourth-order valence-corrected chi connectivity index (χ4v) is 5.98. The molecule has 3 aliphatic rings. The molecule has 4 heterocycles. The second-order valence-corrected chi connectivity index (χ2v) is 12.2. The molecular weight excluding hydrogens is 536 g/mol. The van der Waals surface area contributed by atoms with E-state index < -0.39 is 24.3 Å². The van der Waals surface area contributed by atoms with Crippen molar-refractivity contribution in [2.45, 2.75) is 77.2 Å². The van der Waals surface area contributed by atoms with Crippen molar-refractivity contribution in [3.8, 4) is 0 Å². The van der Waals surface area contributed by atoms with Gasteiger partial charge in [0.15, 0.2) is 0 Å². The first-order valence-corrected chi connectivity index (χ1v) is 15.4. The number of aliphatic hydroxyl groups is 2. The predicted molar refractivity (Wildman–Crippen MR) is 162 cm³/mol. The molecular formula is C32H48N4O6. The molecule has 3 aliphatic heterocycles. The molecule has 0 spiro atoms. The summed E-state index contributed by atoms with van der Waals surface area (Å²) < 4.78 is 12.0. The Morgan fingerprint density at radius 1 is 1.14 bits per heavy atom. The molecule has 1 aromatic heterocycles. The number of amides is 1. The summed E-state index contributed by atoms with van der Waals surface area (Å²) in [5.41, 5.74) is 1.77. The van der Waals surface area contributed by atoms with Gasteiger partial charge in [-0.25, -0.2) is 9.78 Å². The van der Waals surface area contributed by atoms with Crippen LogP contribution in [0.1, 0.15) is 58.4 Å². The Morgan fingerprint density at radius 2 is 1.90 bits per heavy atom. The average Bonchev–Trinajstić information content (AvgIpc) is 3.45. The topological polar surface area (TPSA) is 116 Å². The highest BCUT2D eigenvalue weighted by molar-refractivity contribution is 5.71. The summed E-state index contributed by atoms with van der Waals surface area (Å²) in [6.45, 7) is 9.76. The van der Waals surface area contributed by atoms with E-state index in [4.69, 9.17) is 9.47 Å². The van der Waals surface area contributed by atoms with Crippen LogP contribution < -0.4 is 4.90 Å². The van der Waals surface area contributed by atoms with Crippen LogP contribution in [0.5, 0.6) is 0 Å². The molecule has 10 nitrogen and oxygen atoms in total.